The summed E-state index contributed by atoms with van der Waals surface area (Å²) in [7, 11) is 2.38. The summed E-state index contributed by atoms with van der Waals surface area (Å²) < 4.78 is 8.85. The Balaban J connectivity index is 3.15. The molecule has 7 nitrogen and oxygen atoms in total. The molecule has 0 aromatic carbocycles. The van der Waals surface area contributed by atoms with E-state index in [-0.39, 0.29) is 11.3 Å². The minimum Gasteiger partial charge on any atom is -0.465 e. The van der Waals surface area contributed by atoms with Gasteiger partial charge in [-0.3, -0.25) is 0 Å². The SMILES string of the molecule is COC(=O)c1c[nH+]nnc1C(=O)OC. The maximum Gasteiger partial charge on any atom is 0.386 e. The number of rotatable bonds is 2. The molecule has 0 spiro atoms. The summed E-state index contributed by atoms with van der Waals surface area (Å²) >= 11 is 0. The Kier molecular flexibility index (Phi) is 3.05. The van der Waals surface area contributed by atoms with Crippen LogP contribution in [-0.4, -0.2) is 36.5 Å². The third-order valence-electron chi connectivity index (χ3n) is 1.46. The van der Waals surface area contributed by atoms with Gasteiger partial charge in [0.1, 0.15) is 11.4 Å². The molecule has 0 saturated carbocycles. The molecule has 0 radical (unpaired) electrons. The number of carbonyl (C=O) groups is 2. The predicted molar refractivity (Wildman–Crippen MR) is 41.3 cm³/mol. The van der Waals surface area contributed by atoms with E-state index < -0.39 is 11.9 Å². The number of hydrogen-bond donors (Lipinski definition) is 0. The molecule has 0 aliphatic carbocycles. The number of esters is 2. The van der Waals surface area contributed by atoms with Gasteiger partial charge in [0.05, 0.1) is 19.3 Å². The minimum absolute atomic E-state index is 0.0191. The number of aromatic amines is 1. The topological polar surface area (TPSA) is 92.5 Å². The number of hydrogen-bond acceptors (Lipinski definition) is 6. The van der Waals surface area contributed by atoms with Crippen molar-refractivity contribution in [2.45, 2.75) is 0 Å². The molecule has 1 aromatic heterocycles. The van der Waals surface area contributed by atoms with Crippen LogP contribution in [-0.2, 0) is 9.47 Å². The Morgan fingerprint density at radius 2 is 1.93 bits per heavy atom. The molecule has 0 saturated heterocycles. The maximum absolute atomic E-state index is 11.1. The summed E-state index contributed by atoms with van der Waals surface area (Å²) in [4.78, 5) is 22.2. The highest BCUT2D eigenvalue weighted by molar-refractivity contribution is 6.00. The van der Waals surface area contributed by atoms with E-state index in [1.807, 2.05) is 0 Å². The normalized spacial score (nSPS) is 9.29. The lowest BCUT2D eigenvalue weighted by Crippen LogP contribution is -2.22. The summed E-state index contributed by atoms with van der Waals surface area (Å²) in [5, 5.41) is 9.11. The van der Waals surface area contributed by atoms with E-state index in [1.165, 1.54) is 20.4 Å². The Hall–Kier alpha value is -2.05. The van der Waals surface area contributed by atoms with Gasteiger partial charge in [-0.2, -0.15) is 0 Å². The van der Waals surface area contributed by atoms with E-state index >= 15 is 0 Å². The summed E-state index contributed by atoms with van der Waals surface area (Å²) in [6, 6.07) is 0. The van der Waals surface area contributed by atoms with Crippen LogP contribution in [0.2, 0.25) is 0 Å². The van der Waals surface area contributed by atoms with E-state index in [0.717, 1.165) is 0 Å². The van der Waals surface area contributed by atoms with Crippen molar-refractivity contribution in [1.29, 1.82) is 0 Å². The van der Waals surface area contributed by atoms with Crippen LogP contribution in [0.3, 0.4) is 0 Å². The number of ether oxygens (including phenoxy) is 2. The van der Waals surface area contributed by atoms with Crippen molar-refractivity contribution < 1.29 is 24.2 Å². The smallest absolute Gasteiger partial charge is 0.386 e. The number of nitrogens with zero attached hydrogens (tertiary/aromatic N) is 2. The van der Waals surface area contributed by atoms with Gasteiger partial charge in [-0.1, -0.05) is 0 Å². The lowest BCUT2D eigenvalue weighted by molar-refractivity contribution is -0.464. The van der Waals surface area contributed by atoms with Crippen molar-refractivity contribution >= 4 is 11.9 Å². The molecule has 0 amide bonds. The zero-order valence-electron chi connectivity index (χ0n) is 7.60. The van der Waals surface area contributed by atoms with Crippen LogP contribution in [0.15, 0.2) is 6.20 Å². The van der Waals surface area contributed by atoms with Gasteiger partial charge >= 0.3 is 17.6 Å². The number of H-pyrrole nitrogens is 1. The molecule has 1 rings (SSSR count). The van der Waals surface area contributed by atoms with Crippen LogP contribution in [0.4, 0.5) is 0 Å². The molecule has 0 bridgehead atoms. The van der Waals surface area contributed by atoms with Crippen molar-refractivity contribution in [2.24, 2.45) is 0 Å². The monoisotopic (exact) mass is 198 g/mol. The Morgan fingerprint density at radius 1 is 1.29 bits per heavy atom. The standard InChI is InChI=1S/C7H7N3O4/c1-13-6(11)4-3-8-10-9-5(4)7(12)14-2/h3H,1-2H3/p+1. The fourth-order valence-electron chi connectivity index (χ4n) is 0.808. The first kappa shape index (κ1) is 10.0. The molecule has 0 unspecified atom stereocenters. The van der Waals surface area contributed by atoms with Crippen LogP contribution in [0.1, 0.15) is 20.8 Å². The Labute approximate surface area is 79.0 Å². The highest BCUT2D eigenvalue weighted by atomic mass is 16.5. The van der Waals surface area contributed by atoms with Gasteiger partial charge in [0.25, 0.3) is 0 Å². The molecule has 74 valence electrons. The molecule has 1 aromatic rings. The van der Waals surface area contributed by atoms with Crippen molar-refractivity contribution in [3.63, 3.8) is 0 Å². The Morgan fingerprint density at radius 3 is 2.50 bits per heavy atom. The molecule has 0 fully saturated rings. The molecule has 14 heavy (non-hydrogen) atoms. The molecule has 0 atom stereocenters. The highest BCUT2D eigenvalue weighted by Crippen LogP contribution is 2.04. The molecule has 1 heterocycles. The summed E-state index contributed by atoms with van der Waals surface area (Å²) in [5.74, 6) is -1.43. The number of carbonyl (C=O) groups excluding carboxylic acids is 2. The average Bonchev–Trinajstić information content (AvgIpc) is 2.27. The van der Waals surface area contributed by atoms with Crippen molar-refractivity contribution in [1.82, 2.24) is 10.3 Å². The van der Waals surface area contributed by atoms with Crippen molar-refractivity contribution in [3.8, 4) is 0 Å². The van der Waals surface area contributed by atoms with E-state index in [0.29, 0.717) is 0 Å². The van der Waals surface area contributed by atoms with Crippen LogP contribution < -0.4 is 5.10 Å². The first-order valence-electron chi connectivity index (χ1n) is 3.61. The minimum atomic E-state index is -0.744. The van der Waals surface area contributed by atoms with Crippen molar-refractivity contribution in [2.75, 3.05) is 14.2 Å². The highest BCUT2D eigenvalue weighted by Gasteiger charge is 2.26. The fraction of sp³-hybridized carbons (Fsp3) is 0.286. The van der Waals surface area contributed by atoms with E-state index in [1.54, 1.807) is 0 Å². The van der Waals surface area contributed by atoms with Crippen LogP contribution in [0.5, 0.6) is 0 Å². The zero-order valence-corrected chi connectivity index (χ0v) is 7.60. The zero-order chi connectivity index (χ0) is 10.6. The van der Waals surface area contributed by atoms with Crippen LogP contribution in [0.25, 0.3) is 0 Å². The van der Waals surface area contributed by atoms with Gasteiger partial charge < -0.3 is 9.47 Å². The van der Waals surface area contributed by atoms with Crippen LogP contribution in [0, 0.1) is 0 Å². The van der Waals surface area contributed by atoms with Crippen LogP contribution >= 0.6 is 0 Å². The quantitative estimate of drug-likeness (QED) is 0.558. The maximum atomic E-state index is 11.1. The predicted octanol–water partition coefficient (Wildman–Crippen LogP) is -1.14. The van der Waals surface area contributed by atoms with Gasteiger partial charge in [-0.05, 0) is 0 Å². The first-order valence-corrected chi connectivity index (χ1v) is 3.61. The lowest BCUT2D eigenvalue weighted by Gasteiger charge is -1.97. The summed E-state index contributed by atoms with van der Waals surface area (Å²) in [6.45, 7) is 0. The second-order valence-corrected chi connectivity index (χ2v) is 2.22. The fourth-order valence-corrected chi connectivity index (χ4v) is 0.808. The Bertz CT molecular complexity index is 331. The summed E-state index contributed by atoms with van der Waals surface area (Å²) in [5.41, 5.74) is -0.201. The molecule has 0 aliphatic rings. The van der Waals surface area contributed by atoms with Gasteiger partial charge in [0.2, 0.25) is 0 Å². The summed E-state index contributed by atoms with van der Waals surface area (Å²) in [6.07, 6.45) is 1.21. The van der Waals surface area contributed by atoms with E-state index in [9.17, 15) is 9.59 Å². The van der Waals surface area contributed by atoms with Gasteiger partial charge in [-0.15, -0.1) is 5.10 Å². The number of methoxy groups -OCH3 is 2. The van der Waals surface area contributed by atoms with Gasteiger partial charge in [-0.25, -0.2) is 9.59 Å². The van der Waals surface area contributed by atoms with Gasteiger partial charge in [0.15, 0.2) is 5.56 Å². The van der Waals surface area contributed by atoms with Gasteiger partial charge in [0, 0.05) is 0 Å². The molecular weight excluding hydrogens is 190 g/mol. The third-order valence-corrected chi connectivity index (χ3v) is 1.46. The average molecular weight is 198 g/mol. The molecular formula is C7H8N3O4+. The van der Waals surface area contributed by atoms with Crippen molar-refractivity contribution in [3.05, 3.63) is 17.5 Å². The molecule has 0 aliphatic heterocycles. The molecule has 7 heteroatoms. The molecule has 1 N–H and O–H groups in total. The number of aromatic nitrogens is 3. The first-order chi connectivity index (χ1) is 6.70. The second-order valence-electron chi connectivity index (χ2n) is 2.22. The second kappa shape index (κ2) is 4.26. The van der Waals surface area contributed by atoms with E-state index in [2.05, 4.69) is 24.9 Å². The largest absolute Gasteiger partial charge is 0.465 e. The van der Waals surface area contributed by atoms with E-state index in [4.69, 9.17) is 0 Å². The lowest BCUT2D eigenvalue weighted by atomic mass is 10.2. The third kappa shape index (κ3) is 1.82. The number of nitrogens with one attached hydrogen (secondary N) is 1.